The molecule has 0 fully saturated rings. The Morgan fingerprint density at radius 3 is 2.79 bits per heavy atom. The van der Waals surface area contributed by atoms with Crippen LogP contribution in [-0.4, -0.2) is 21.4 Å². The molecule has 122 valence electrons. The number of aromatic nitrogens is 2. The van der Waals surface area contributed by atoms with Gasteiger partial charge in [0.25, 0.3) is 0 Å². The average molecular weight is 359 g/mol. The number of rotatable bonds is 2. The molecule has 1 aliphatic rings. The second-order valence-electron chi connectivity index (χ2n) is 5.53. The van der Waals surface area contributed by atoms with Crippen LogP contribution in [0.1, 0.15) is 22.1 Å². The fraction of sp³-hybridized carbons (Fsp3) is 0.176. The second-order valence-corrected chi connectivity index (χ2v) is 7.41. The van der Waals surface area contributed by atoms with Gasteiger partial charge in [-0.05, 0) is 53.6 Å². The Morgan fingerprint density at radius 2 is 2.08 bits per heavy atom. The minimum absolute atomic E-state index is 0.0535. The van der Waals surface area contributed by atoms with Gasteiger partial charge in [0.15, 0.2) is 0 Å². The van der Waals surface area contributed by atoms with Crippen LogP contribution in [-0.2, 0) is 4.79 Å². The Hall–Kier alpha value is -2.12. The van der Waals surface area contributed by atoms with Crippen molar-refractivity contribution in [2.45, 2.75) is 12.2 Å². The minimum atomic E-state index is -0.301. The molecule has 1 N–H and O–H groups in total. The number of carbonyl (C=O) groups is 1. The number of thiophene rings is 1. The van der Waals surface area contributed by atoms with Crippen LogP contribution in [0.4, 0.5) is 10.2 Å². The zero-order chi connectivity index (χ0) is 16.7. The zero-order valence-electron chi connectivity index (χ0n) is 12.8. The highest BCUT2D eigenvalue weighted by Crippen LogP contribution is 2.44. The zero-order valence-corrected chi connectivity index (χ0v) is 14.5. The molecule has 4 nitrogen and oxygen atoms in total. The van der Waals surface area contributed by atoms with E-state index < -0.39 is 0 Å². The first-order valence-electron chi connectivity index (χ1n) is 7.42. The molecule has 1 aromatic carbocycles. The van der Waals surface area contributed by atoms with Crippen LogP contribution < -0.4 is 5.32 Å². The van der Waals surface area contributed by atoms with Crippen molar-refractivity contribution >= 4 is 34.8 Å². The van der Waals surface area contributed by atoms with Crippen LogP contribution >= 0.6 is 23.1 Å². The van der Waals surface area contributed by atoms with Gasteiger partial charge in [-0.2, -0.15) is 16.4 Å². The van der Waals surface area contributed by atoms with Gasteiger partial charge in [-0.15, -0.1) is 11.8 Å². The van der Waals surface area contributed by atoms with Gasteiger partial charge in [0.05, 0.1) is 22.4 Å². The van der Waals surface area contributed by atoms with Crippen LogP contribution in [0, 0.1) is 12.7 Å². The van der Waals surface area contributed by atoms with Gasteiger partial charge in [0, 0.05) is 5.56 Å². The van der Waals surface area contributed by atoms with E-state index in [1.54, 1.807) is 39.9 Å². The molecule has 1 atom stereocenters. The third kappa shape index (κ3) is 2.63. The van der Waals surface area contributed by atoms with Gasteiger partial charge in [-0.25, -0.2) is 9.07 Å². The number of benzene rings is 1. The lowest BCUT2D eigenvalue weighted by Crippen LogP contribution is -2.15. The molecular formula is C17H14FN3OS2. The molecule has 0 bridgehead atoms. The van der Waals surface area contributed by atoms with Crippen molar-refractivity contribution in [2.24, 2.45) is 0 Å². The van der Waals surface area contributed by atoms with Crippen LogP contribution in [0.15, 0.2) is 41.1 Å². The highest BCUT2D eigenvalue weighted by atomic mass is 32.2. The fourth-order valence-electron chi connectivity index (χ4n) is 2.84. The summed E-state index contributed by atoms with van der Waals surface area (Å²) in [4.78, 5) is 12.2. The number of amides is 1. The summed E-state index contributed by atoms with van der Waals surface area (Å²) >= 11 is 3.24. The first kappa shape index (κ1) is 15.4. The molecule has 1 amide bonds. The summed E-state index contributed by atoms with van der Waals surface area (Å²) in [6, 6.07) is 8.18. The number of nitrogens with one attached hydrogen (secondary N) is 1. The molecule has 0 saturated carbocycles. The van der Waals surface area contributed by atoms with E-state index in [4.69, 9.17) is 0 Å². The molecule has 1 aliphatic heterocycles. The Labute approximate surface area is 146 Å². The smallest absolute Gasteiger partial charge is 0.235 e. The first-order valence-corrected chi connectivity index (χ1v) is 9.41. The second kappa shape index (κ2) is 6.07. The van der Waals surface area contributed by atoms with Gasteiger partial charge >= 0.3 is 0 Å². The fourth-order valence-corrected chi connectivity index (χ4v) is 4.79. The van der Waals surface area contributed by atoms with E-state index in [2.05, 4.69) is 21.9 Å². The molecule has 0 saturated heterocycles. The maximum Gasteiger partial charge on any atom is 0.235 e. The Kier molecular flexibility index (Phi) is 3.90. The van der Waals surface area contributed by atoms with Gasteiger partial charge < -0.3 is 5.32 Å². The maximum atomic E-state index is 13.2. The summed E-state index contributed by atoms with van der Waals surface area (Å²) in [5.41, 5.74) is 3.76. The van der Waals surface area contributed by atoms with Crippen LogP contribution in [0.5, 0.6) is 0 Å². The topological polar surface area (TPSA) is 46.9 Å². The van der Waals surface area contributed by atoms with E-state index in [0.29, 0.717) is 11.6 Å². The van der Waals surface area contributed by atoms with Crippen molar-refractivity contribution in [1.29, 1.82) is 0 Å². The molecule has 7 heteroatoms. The summed E-state index contributed by atoms with van der Waals surface area (Å²) in [5, 5.41) is 11.8. The number of thioether (sulfide) groups is 1. The van der Waals surface area contributed by atoms with Crippen molar-refractivity contribution in [1.82, 2.24) is 9.78 Å². The standard InChI is InChI=1S/C17H14FN3OS2/c1-10-15-16(11-6-7-23-8-11)24-9-14(22)19-17(15)21(20-10)13-4-2-12(18)3-5-13/h2-8,16H,9H2,1H3,(H,19,22). The van der Waals surface area contributed by atoms with E-state index in [-0.39, 0.29) is 17.0 Å². The van der Waals surface area contributed by atoms with Crippen LogP contribution in [0.2, 0.25) is 0 Å². The molecule has 24 heavy (non-hydrogen) atoms. The predicted octanol–water partition coefficient (Wildman–Crippen LogP) is 4.16. The van der Waals surface area contributed by atoms with Gasteiger partial charge in [0.2, 0.25) is 5.91 Å². The molecule has 1 unspecified atom stereocenters. The van der Waals surface area contributed by atoms with Gasteiger partial charge in [0.1, 0.15) is 11.6 Å². The molecular weight excluding hydrogens is 345 g/mol. The van der Waals surface area contributed by atoms with E-state index >= 15 is 0 Å². The number of nitrogens with zero attached hydrogens (tertiary/aromatic N) is 2. The lowest BCUT2D eigenvalue weighted by molar-refractivity contribution is -0.113. The monoisotopic (exact) mass is 359 g/mol. The molecule has 2 aromatic heterocycles. The number of aryl methyl sites for hydroxylation is 1. The normalized spacial score (nSPS) is 17.2. The molecule has 3 heterocycles. The summed E-state index contributed by atoms with van der Waals surface area (Å²) in [7, 11) is 0. The highest BCUT2D eigenvalue weighted by Gasteiger charge is 2.30. The van der Waals surface area contributed by atoms with Gasteiger partial charge in [-0.1, -0.05) is 0 Å². The van der Waals surface area contributed by atoms with E-state index in [1.807, 2.05) is 12.3 Å². The van der Waals surface area contributed by atoms with Gasteiger partial charge in [-0.3, -0.25) is 4.79 Å². The van der Waals surface area contributed by atoms with Crippen molar-refractivity contribution < 1.29 is 9.18 Å². The summed E-state index contributed by atoms with van der Waals surface area (Å²) < 4.78 is 14.9. The maximum absolute atomic E-state index is 13.2. The number of hydrogen-bond donors (Lipinski definition) is 1. The quantitative estimate of drug-likeness (QED) is 0.747. The average Bonchev–Trinajstić information content (AvgIpc) is 3.15. The number of anilines is 1. The van der Waals surface area contributed by atoms with E-state index in [1.165, 1.54) is 17.7 Å². The predicted molar refractivity (Wildman–Crippen MR) is 95.5 cm³/mol. The molecule has 3 aromatic rings. The lowest BCUT2D eigenvalue weighted by atomic mass is 10.1. The Bertz CT molecular complexity index is 887. The number of carbonyl (C=O) groups excluding carboxylic acids is 1. The third-order valence-corrected chi connectivity index (χ3v) is 5.90. The number of fused-ring (bicyclic) bond motifs is 1. The molecule has 0 radical (unpaired) electrons. The van der Waals surface area contributed by atoms with Crippen molar-refractivity contribution in [2.75, 3.05) is 11.1 Å². The van der Waals surface area contributed by atoms with Crippen molar-refractivity contribution in [3.8, 4) is 5.69 Å². The number of hydrogen-bond acceptors (Lipinski definition) is 4. The molecule has 0 aliphatic carbocycles. The minimum Gasteiger partial charge on any atom is -0.310 e. The largest absolute Gasteiger partial charge is 0.310 e. The Balaban J connectivity index is 1.89. The lowest BCUT2D eigenvalue weighted by Gasteiger charge is -2.13. The molecule has 4 rings (SSSR count). The van der Waals surface area contributed by atoms with Crippen LogP contribution in [0.25, 0.3) is 5.69 Å². The summed E-state index contributed by atoms with van der Waals surface area (Å²) in [6.45, 7) is 1.94. The number of halogens is 1. The highest BCUT2D eigenvalue weighted by molar-refractivity contribution is 8.00. The summed E-state index contributed by atoms with van der Waals surface area (Å²) in [6.07, 6.45) is 0. The first-order chi connectivity index (χ1) is 11.6. The van der Waals surface area contributed by atoms with Crippen molar-refractivity contribution in [3.63, 3.8) is 0 Å². The van der Waals surface area contributed by atoms with E-state index in [0.717, 1.165) is 16.9 Å². The molecule has 0 spiro atoms. The van der Waals surface area contributed by atoms with E-state index in [9.17, 15) is 9.18 Å². The van der Waals surface area contributed by atoms with Crippen LogP contribution in [0.3, 0.4) is 0 Å². The third-order valence-electron chi connectivity index (χ3n) is 3.92. The summed E-state index contributed by atoms with van der Waals surface area (Å²) in [5.74, 6) is 0.704. The Morgan fingerprint density at radius 1 is 1.29 bits per heavy atom. The van der Waals surface area contributed by atoms with Crippen molar-refractivity contribution in [3.05, 3.63) is 63.7 Å². The SMILES string of the molecule is Cc1nn(-c2ccc(F)cc2)c2c1C(c1ccsc1)SCC(=O)N2.